The Kier molecular flexibility index (Phi) is 4.83. The van der Waals surface area contributed by atoms with Gasteiger partial charge in [0.1, 0.15) is 0 Å². The van der Waals surface area contributed by atoms with E-state index < -0.39 is 0 Å². The van der Waals surface area contributed by atoms with Gasteiger partial charge in [0.2, 0.25) is 5.95 Å². The van der Waals surface area contributed by atoms with Crippen molar-refractivity contribution < 1.29 is 0 Å². The van der Waals surface area contributed by atoms with E-state index in [-0.39, 0.29) is 0 Å². The summed E-state index contributed by atoms with van der Waals surface area (Å²) in [7, 11) is 0. The summed E-state index contributed by atoms with van der Waals surface area (Å²) in [5.74, 6) is 0.688. The summed E-state index contributed by atoms with van der Waals surface area (Å²) >= 11 is 1.77. The van der Waals surface area contributed by atoms with Gasteiger partial charge in [0.15, 0.2) is 0 Å². The third kappa shape index (κ3) is 3.23. The Morgan fingerprint density at radius 3 is 2.02 bits per heavy atom. The molecule has 49 heavy (non-hydrogen) atoms. The largest absolute Gasteiger partial charge is 0.308 e. The van der Waals surface area contributed by atoms with Crippen LogP contribution in [-0.4, -0.2) is 18.9 Å². The topological polar surface area (TPSA) is 35.1 Å². The first-order valence-electron chi connectivity index (χ1n) is 16.6. The van der Waals surface area contributed by atoms with Crippen LogP contribution in [0.3, 0.4) is 0 Å². The fraction of sp³-hybridized carbons (Fsp3) is 0. The first kappa shape index (κ1) is 25.7. The van der Waals surface area contributed by atoms with Crippen LogP contribution < -0.4 is 0 Å². The van der Waals surface area contributed by atoms with E-state index in [2.05, 4.69) is 155 Å². The van der Waals surface area contributed by atoms with Gasteiger partial charge in [-0.15, -0.1) is 11.3 Å². The molecule has 5 heterocycles. The molecule has 0 amide bonds. The number of aromatic nitrogens is 4. The lowest BCUT2D eigenvalue weighted by Crippen LogP contribution is -2.02. The Labute approximate surface area is 283 Å². The van der Waals surface area contributed by atoms with Gasteiger partial charge in [-0.25, -0.2) is 9.97 Å². The van der Waals surface area contributed by atoms with Crippen molar-refractivity contribution in [3.63, 3.8) is 0 Å². The number of thiophene rings is 1. The van der Waals surface area contributed by atoms with E-state index in [4.69, 9.17) is 9.97 Å². The summed E-state index contributed by atoms with van der Waals surface area (Å²) in [6.07, 6.45) is 0. The number of para-hydroxylation sites is 2. The fourth-order valence-corrected chi connectivity index (χ4v) is 9.62. The van der Waals surface area contributed by atoms with E-state index in [9.17, 15) is 0 Å². The second-order valence-electron chi connectivity index (χ2n) is 12.9. The predicted octanol–water partition coefficient (Wildman–Crippen LogP) is 11.9. The van der Waals surface area contributed by atoms with Crippen LogP contribution in [-0.2, 0) is 0 Å². The number of benzene rings is 7. The first-order valence-corrected chi connectivity index (χ1v) is 17.4. The van der Waals surface area contributed by atoms with Crippen molar-refractivity contribution in [2.24, 2.45) is 0 Å². The summed E-state index contributed by atoms with van der Waals surface area (Å²) in [6, 6.07) is 52.5. The quantitative estimate of drug-likeness (QED) is 0.188. The molecule has 0 fully saturated rings. The molecule has 7 aromatic carbocycles. The molecule has 5 heteroatoms. The minimum Gasteiger partial charge on any atom is -0.308 e. The Hall–Kier alpha value is -6.30. The van der Waals surface area contributed by atoms with Gasteiger partial charge in [-0.3, -0.25) is 4.57 Å². The first-order chi connectivity index (χ1) is 24.3. The van der Waals surface area contributed by atoms with Crippen molar-refractivity contribution in [1.29, 1.82) is 0 Å². The standard InChI is InChI=1S/C44H24N4S/c1-2-13-26(14-3-1)40-43-41(30-18-8-11-21-36(30)49-43)46-44(45-40)48-33-20-10-6-16-28(33)38-35(48)24-31-37-27-15-5-4-12-25(27)22-23-34(37)47-32-19-9-7-17-29(32)39(38)42(31)47/h1-24H. The zero-order valence-electron chi connectivity index (χ0n) is 26.1. The Balaban J connectivity index is 1.33. The third-order valence-electron chi connectivity index (χ3n) is 10.4. The summed E-state index contributed by atoms with van der Waals surface area (Å²) in [5, 5.41) is 11.2. The van der Waals surface area contributed by atoms with Crippen molar-refractivity contribution in [2.75, 3.05) is 0 Å². The van der Waals surface area contributed by atoms with Gasteiger partial charge >= 0.3 is 0 Å². The third-order valence-corrected chi connectivity index (χ3v) is 11.6. The fourth-order valence-electron chi connectivity index (χ4n) is 8.47. The predicted molar refractivity (Wildman–Crippen MR) is 207 cm³/mol. The molecule has 0 aliphatic rings. The van der Waals surface area contributed by atoms with E-state index in [1.165, 1.54) is 64.3 Å². The normalized spacial score (nSPS) is 12.5. The Morgan fingerprint density at radius 1 is 0.469 bits per heavy atom. The molecule has 12 rings (SSSR count). The molecule has 226 valence electrons. The summed E-state index contributed by atoms with van der Waals surface area (Å²) in [4.78, 5) is 10.9. The van der Waals surface area contributed by atoms with Crippen LogP contribution in [0.5, 0.6) is 0 Å². The molecule has 5 aromatic heterocycles. The number of rotatable bonds is 2. The maximum absolute atomic E-state index is 5.46. The molecule has 0 bridgehead atoms. The molecule has 0 aliphatic carbocycles. The van der Waals surface area contributed by atoms with Gasteiger partial charge in [0, 0.05) is 48.0 Å². The van der Waals surface area contributed by atoms with Crippen molar-refractivity contribution >= 4 is 102 Å². The maximum atomic E-state index is 5.46. The van der Waals surface area contributed by atoms with Crippen LogP contribution in [0.2, 0.25) is 0 Å². The monoisotopic (exact) mass is 640 g/mol. The Bertz CT molecular complexity index is 3330. The molecule has 0 radical (unpaired) electrons. The van der Waals surface area contributed by atoms with Gasteiger partial charge < -0.3 is 4.40 Å². The zero-order valence-corrected chi connectivity index (χ0v) is 26.9. The molecule has 4 nitrogen and oxygen atoms in total. The van der Waals surface area contributed by atoms with E-state index in [0.717, 1.165) is 37.9 Å². The minimum absolute atomic E-state index is 0.688. The van der Waals surface area contributed by atoms with E-state index in [1.54, 1.807) is 11.3 Å². The van der Waals surface area contributed by atoms with Crippen LogP contribution in [0.25, 0.3) is 108 Å². The van der Waals surface area contributed by atoms with Gasteiger partial charge in [-0.1, -0.05) is 115 Å². The molecule has 0 N–H and O–H groups in total. The average Bonchev–Trinajstić information content (AvgIpc) is 3.90. The molecule has 0 saturated carbocycles. The lowest BCUT2D eigenvalue weighted by molar-refractivity contribution is 1.02. The van der Waals surface area contributed by atoms with Crippen LogP contribution in [0.4, 0.5) is 0 Å². The van der Waals surface area contributed by atoms with Crippen molar-refractivity contribution in [3.05, 3.63) is 146 Å². The van der Waals surface area contributed by atoms with Gasteiger partial charge in [0.25, 0.3) is 0 Å². The number of hydrogen-bond acceptors (Lipinski definition) is 3. The van der Waals surface area contributed by atoms with Crippen molar-refractivity contribution in [1.82, 2.24) is 18.9 Å². The van der Waals surface area contributed by atoms with Gasteiger partial charge in [0.05, 0.1) is 43.5 Å². The zero-order chi connectivity index (χ0) is 31.8. The van der Waals surface area contributed by atoms with Crippen LogP contribution in [0.1, 0.15) is 0 Å². The van der Waals surface area contributed by atoms with E-state index >= 15 is 0 Å². The Morgan fingerprint density at radius 2 is 1.16 bits per heavy atom. The van der Waals surface area contributed by atoms with Crippen LogP contribution >= 0.6 is 11.3 Å². The highest BCUT2D eigenvalue weighted by atomic mass is 32.1. The molecular formula is C44H24N4S. The molecule has 0 atom stereocenters. The summed E-state index contributed by atoms with van der Waals surface area (Å²) in [5.41, 5.74) is 9.00. The maximum Gasteiger partial charge on any atom is 0.235 e. The molecule has 0 unspecified atom stereocenters. The molecule has 0 saturated heterocycles. The highest BCUT2D eigenvalue weighted by Crippen LogP contribution is 2.48. The second kappa shape index (κ2) is 9.19. The van der Waals surface area contributed by atoms with Crippen molar-refractivity contribution in [2.45, 2.75) is 0 Å². The lowest BCUT2D eigenvalue weighted by atomic mass is 9.99. The number of hydrogen-bond donors (Lipinski definition) is 0. The molecular weight excluding hydrogens is 617 g/mol. The van der Waals surface area contributed by atoms with E-state index in [0.29, 0.717) is 5.95 Å². The second-order valence-corrected chi connectivity index (χ2v) is 14.0. The molecule has 0 aliphatic heterocycles. The number of fused-ring (bicyclic) bond motifs is 15. The van der Waals surface area contributed by atoms with Gasteiger partial charge in [-0.2, -0.15) is 0 Å². The lowest BCUT2D eigenvalue weighted by Gasteiger charge is -2.10. The molecule has 0 spiro atoms. The van der Waals surface area contributed by atoms with E-state index in [1.807, 2.05) is 0 Å². The summed E-state index contributed by atoms with van der Waals surface area (Å²) < 4.78 is 7.13. The smallest absolute Gasteiger partial charge is 0.235 e. The average molecular weight is 641 g/mol. The SMILES string of the molecule is c1ccc(-c2nc(-n3c4ccccc4c4c5c6ccccc6n6c7ccc8ccccc8c7c(cc43)c56)nc3c2sc2ccccc23)cc1. The number of nitrogens with zero attached hydrogens (tertiary/aromatic N) is 4. The van der Waals surface area contributed by atoms with Gasteiger partial charge in [-0.05, 0) is 41.1 Å². The summed E-state index contributed by atoms with van der Waals surface area (Å²) in [6.45, 7) is 0. The van der Waals surface area contributed by atoms with Crippen LogP contribution in [0, 0.1) is 0 Å². The highest BCUT2D eigenvalue weighted by Gasteiger charge is 2.26. The van der Waals surface area contributed by atoms with Crippen LogP contribution in [0.15, 0.2) is 146 Å². The molecule has 12 aromatic rings. The van der Waals surface area contributed by atoms with Crippen molar-refractivity contribution in [3.8, 4) is 17.2 Å². The minimum atomic E-state index is 0.688. The highest BCUT2D eigenvalue weighted by molar-refractivity contribution is 7.26.